The topological polar surface area (TPSA) is 55.1 Å². The molecule has 1 aromatic heterocycles. The highest BCUT2D eigenvalue weighted by molar-refractivity contribution is 5.92. The van der Waals surface area contributed by atoms with E-state index in [-0.39, 0.29) is 0 Å². The molecule has 0 spiro atoms. The van der Waals surface area contributed by atoms with E-state index in [1.54, 1.807) is 12.1 Å². The molecule has 0 aliphatic heterocycles. The lowest BCUT2D eigenvalue weighted by atomic mass is 9.84. The van der Waals surface area contributed by atoms with Gasteiger partial charge in [-0.25, -0.2) is 9.78 Å². The molecule has 1 aliphatic rings. The van der Waals surface area contributed by atoms with Crippen molar-refractivity contribution in [3.8, 4) is 0 Å². The van der Waals surface area contributed by atoms with Crippen LogP contribution in [0.2, 0.25) is 0 Å². The average molecular weight is 272 g/mol. The number of aromatic carboxylic acids is 1. The summed E-state index contributed by atoms with van der Waals surface area (Å²) < 4.78 is 2.24. The molecule has 4 heteroatoms. The molecule has 3 rings (SSSR count). The van der Waals surface area contributed by atoms with Gasteiger partial charge in [0.15, 0.2) is 0 Å². The Morgan fingerprint density at radius 1 is 1.45 bits per heavy atom. The van der Waals surface area contributed by atoms with Crippen LogP contribution in [0.25, 0.3) is 11.0 Å². The highest BCUT2D eigenvalue weighted by Gasteiger charge is 2.23. The summed E-state index contributed by atoms with van der Waals surface area (Å²) in [5, 5.41) is 9.03. The van der Waals surface area contributed by atoms with Crippen molar-refractivity contribution in [2.24, 2.45) is 5.92 Å². The molecular formula is C16H20N2O2. The molecule has 20 heavy (non-hydrogen) atoms. The minimum absolute atomic E-state index is 0.304. The minimum Gasteiger partial charge on any atom is -0.478 e. The van der Waals surface area contributed by atoms with Crippen molar-refractivity contribution in [2.45, 2.75) is 45.1 Å². The van der Waals surface area contributed by atoms with E-state index in [0.29, 0.717) is 11.6 Å². The number of hydrogen-bond acceptors (Lipinski definition) is 2. The Morgan fingerprint density at radius 2 is 2.30 bits per heavy atom. The number of carbonyl (C=O) groups is 1. The second-order valence-electron chi connectivity index (χ2n) is 5.76. The van der Waals surface area contributed by atoms with E-state index in [9.17, 15) is 4.79 Å². The van der Waals surface area contributed by atoms with Gasteiger partial charge in [0.05, 0.1) is 22.9 Å². The third kappa shape index (κ3) is 2.30. The highest BCUT2D eigenvalue weighted by atomic mass is 16.4. The SMILES string of the molecule is CCC1CCCC(n2cnc3cc(C(=O)O)ccc32)C1. The summed E-state index contributed by atoms with van der Waals surface area (Å²) in [7, 11) is 0. The van der Waals surface area contributed by atoms with Gasteiger partial charge in [0, 0.05) is 6.04 Å². The fourth-order valence-corrected chi connectivity index (χ4v) is 3.34. The van der Waals surface area contributed by atoms with Gasteiger partial charge >= 0.3 is 5.97 Å². The molecule has 1 aliphatic carbocycles. The molecule has 4 nitrogen and oxygen atoms in total. The van der Waals surface area contributed by atoms with E-state index < -0.39 is 5.97 Å². The number of rotatable bonds is 3. The first-order valence-corrected chi connectivity index (χ1v) is 7.39. The smallest absolute Gasteiger partial charge is 0.335 e. The van der Waals surface area contributed by atoms with Crippen LogP contribution in [0.5, 0.6) is 0 Å². The Kier molecular flexibility index (Phi) is 3.47. The predicted molar refractivity (Wildman–Crippen MR) is 78.0 cm³/mol. The van der Waals surface area contributed by atoms with Crippen molar-refractivity contribution in [1.29, 1.82) is 0 Å². The highest BCUT2D eigenvalue weighted by Crippen LogP contribution is 2.35. The molecule has 1 aromatic carbocycles. The molecule has 106 valence electrons. The lowest BCUT2D eigenvalue weighted by Crippen LogP contribution is -2.18. The van der Waals surface area contributed by atoms with Crippen LogP contribution in [0.4, 0.5) is 0 Å². The van der Waals surface area contributed by atoms with Crippen molar-refractivity contribution in [2.75, 3.05) is 0 Å². The number of nitrogens with zero attached hydrogens (tertiary/aromatic N) is 2. The molecule has 2 aromatic rings. The van der Waals surface area contributed by atoms with E-state index in [2.05, 4.69) is 16.5 Å². The standard InChI is InChI=1S/C16H20N2O2/c1-2-11-4-3-5-13(8-11)18-10-17-14-9-12(16(19)20)6-7-15(14)18/h6-7,9-11,13H,2-5,8H2,1H3,(H,19,20). The van der Waals surface area contributed by atoms with Crippen LogP contribution in [-0.4, -0.2) is 20.6 Å². The van der Waals surface area contributed by atoms with Crippen LogP contribution in [0.3, 0.4) is 0 Å². The lowest BCUT2D eigenvalue weighted by molar-refractivity contribution is 0.0697. The predicted octanol–water partition coefficient (Wildman–Crippen LogP) is 3.88. The molecule has 0 amide bonds. The molecule has 1 saturated carbocycles. The van der Waals surface area contributed by atoms with Crippen molar-refractivity contribution in [3.05, 3.63) is 30.1 Å². The zero-order valence-electron chi connectivity index (χ0n) is 11.7. The third-order valence-electron chi connectivity index (χ3n) is 4.55. The van der Waals surface area contributed by atoms with Gasteiger partial charge in [-0.1, -0.05) is 26.2 Å². The summed E-state index contributed by atoms with van der Waals surface area (Å²) in [6, 6.07) is 5.73. The molecule has 0 saturated heterocycles. The number of carboxylic acid groups (broad SMARTS) is 1. The van der Waals surface area contributed by atoms with Crippen molar-refractivity contribution in [3.63, 3.8) is 0 Å². The number of benzene rings is 1. The van der Waals surface area contributed by atoms with Crippen LogP contribution >= 0.6 is 0 Å². The molecule has 2 unspecified atom stereocenters. The Morgan fingerprint density at radius 3 is 3.05 bits per heavy atom. The number of hydrogen-bond donors (Lipinski definition) is 1. The first-order chi connectivity index (χ1) is 9.69. The van der Waals surface area contributed by atoms with Crippen molar-refractivity contribution in [1.82, 2.24) is 9.55 Å². The van der Waals surface area contributed by atoms with E-state index >= 15 is 0 Å². The quantitative estimate of drug-likeness (QED) is 0.922. The first-order valence-electron chi connectivity index (χ1n) is 7.39. The molecular weight excluding hydrogens is 252 g/mol. The first kappa shape index (κ1) is 13.2. The van der Waals surface area contributed by atoms with E-state index in [4.69, 9.17) is 5.11 Å². The zero-order valence-corrected chi connectivity index (χ0v) is 11.7. The summed E-state index contributed by atoms with van der Waals surface area (Å²) in [4.78, 5) is 15.4. The Balaban J connectivity index is 1.94. The van der Waals surface area contributed by atoms with Gasteiger partial charge in [0.2, 0.25) is 0 Å². The minimum atomic E-state index is -0.898. The fraction of sp³-hybridized carbons (Fsp3) is 0.500. The van der Waals surface area contributed by atoms with Gasteiger partial charge in [-0.15, -0.1) is 0 Å². The van der Waals surface area contributed by atoms with Crippen LogP contribution in [-0.2, 0) is 0 Å². The second-order valence-corrected chi connectivity index (χ2v) is 5.76. The van der Waals surface area contributed by atoms with Crippen LogP contribution in [0, 0.1) is 5.92 Å². The van der Waals surface area contributed by atoms with Crippen LogP contribution in [0.1, 0.15) is 55.4 Å². The number of aromatic nitrogens is 2. The lowest BCUT2D eigenvalue weighted by Gasteiger charge is -2.29. The Bertz CT molecular complexity index is 632. The van der Waals surface area contributed by atoms with Crippen molar-refractivity contribution < 1.29 is 9.90 Å². The second kappa shape index (κ2) is 5.27. The van der Waals surface area contributed by atoms with Gasteiger partial charge in [-0.2, -0.15) is 0 Å². The van der Waals surface area contributed by atoms with E-state index in [1.807, 2.05) is 12.4 Å². The van der Waals surface area contributed by atoms with Crippen LogP contribution in [0.15, 0.2) is 24.5 Å². The molecule has 0 bridgehead atoms. The summed E-state index contributed by atoms with van der Waals surface area (Å²) in [5.74, 6) is -0.0883. The summed E-state index contributed by atoms with van der Waals surface area (Å²) >= 11 is 0. The Hall–Kier alpha value is -1.84. The fourth-order valence-electron chi connectivity index (χ4n) is 3.34. The van der Waals surface area contributed by atoms with Gasteiger partial charge in [0.1, 0.15) is 0 Å². The van der Waals surface area contributed by atoms with Gasteiger partial charge in [-0.3, -0.25) is 0 Å². The molecule has 1 fully saturated rings. The third-order valence-corrected chi connectivity index (χ3v) is 4.55. The number of imidazole rings is 1. The Labute approximate surface area is 118 Å². The average Bonchev–Trinajstić information content (AvgIpc) is 2.90. The normalized spacial score (nSPS) is 23.1. The van der Waals surface area contributed by atoms with Crippen LogP contribution < -0.4 is 0 Å². The van der Waals surface area contributed by atoms with E-state index in [0.717, 1.165) is 17.0 Å². The van der Waals surface area contributed by atoms with Gasteiger partial charge in [-0.05, 0) is 37.0 Å². The molecule has 1 heterocycles. The largest absolute Gasteiger partial charge is 0.478 e. The van der Waals surface area contributed by atoms with E-state index in [1.165, 1.54) is 32.1 Å². The maximum absolute atomic E-state index is 11.0. The number of carboxylic acids is 1. The molecule has 1 N–H and O–H groups in total. The van der Waals surface area contributed by atoms with Crippen molar-refractivity contribution >= 4 is 17.0 Å². The molecule has 0 radical (unpaired) electrons. The summed E-state index contributed by atoms with van der Waals surface area (Å²) in [6.07, 6.45) is 8.13. The summed E-state index contributed by atoms with van der Waals surface area (Å²) in [5.41, 5.74) is 2.14. The summed E-state index contributed by atoms with van der Waals surface area (Å²) in [6.45, 7) is 2.26. The zero-order chi connectivity index (χ0) is 14.1. The van der Waals surface area contributed by atoms with Gasteiger partial charge in [0.25, 0.3) is 0 Å². The maximum Gasteiger partial charge on any atom is 0.335 e. The maximum atomic E-state index is 11.0. The monoisotopic (exact) mass is 272 g/mol. The molecule has 2 atom stereocenters. The van der Waals surface area contributed by atoms with Gasteiger partial charge < -0.3 is 9.67 Å². The number of fused-ring (bicyclic) bond motifs is 1.